The van der Waals surface area contributed by atoms with Crippen LogP contribution in [0.1, 0.15) is 52.7 Å². The molecule has 1 fully saturated rings. The van der Waals surface area contributed by atoms with Crippen molar-refractivity contribution in [2.75, 3.05) is 13.7 Å². The second-order valence-electron chi connectivity index (χ2n) is 9.07. The zero-order valence-electron chi connectivity index (χ0n) is 20.2. The smallest absolute Gasteiger partial charge is 0.348 e. The van der Waals surface area contributed by atoms with Crippen LogP contribution >= 0.6 is 11.3 Å². The molecule has 1 aromatic heterocycles. The summed E-state index contributed by atoms with van der Waals surface area (Å²) in [7, 11) is 1.32. The van der Waals surface area contributed by atoms with Gasteiger partial charge in [0.05, 0.1) is 19.3 Å². The van der Waals surface area contributed by atoms with Crippen LogP contribution < -0.4 is 0 Å². The fourth-order valence-corrected chi connectivity index (χ4v) is 5.25. The zero-order valence-corrected chi connectivity index (χ0v) is 21.0. The zero-order chi connectivity index (χ0) is 25.4. The molecule has 1 aliphatic rings. The van der Waals surface area contributed by atoms with E-state index in [2.05, 4.69) is 12.1 Å². The molecule has 1 amide bonds. The predicted octanol–water partition coefficient (Wildman–Crippen LogP) is 5.28. The number of aliphatic hydroxyl groups excluding tert-OH is 1. The number of benzene rings is 1. The summed E-state index contributed by atoms with van der Waals surface area (Å²) < 4.78 is 33.1. The SMILES string of the molecule is COC(=O)c1ccc(CCCN2C(=O)C(F)(F)C[C@@H]2/C=C/[C@@H](O)[C@H](C)CCCc2ccccc2)s1. The number of aliphatic hydroxyl groups is 1. The van der Waals surface area contributed by atoms with Crippen molar-refractivity contribution in [1.82, 2.24) is 4.90 Å². The molecule has 0 radical (unpaired) electrons. The number of esters is 1. The molecule has 0 unspecified atom stereocenters. The normalized spacial score (nSPS) is 19.3. The number of amides is 1. The summed E-state index contributed by atoms with van der Waals surface area (Å²) in [4.78, 5) is 26.5. The Kier molecular flexibility index (Phi) is 9.57. The average Bonchev–Trinajstić information content (AvgIpc) is 3.40. The quantitative estimate of drug-likeness (QED) is 0.315. The van der Waals surface area contributed by atoms with E-state index in [9.17, 15) is 23.5 Å². The van der Waals surface area contributed by atoms with Crippen LogP contribution in [0.4, 0.5) is 8.78 Å². The average molecular weight is 506 g/mol. The van der Waals surface area contributed by atoms with E-state index in [4.69, 9.17) is 4.74 Å². The van der Waals surface area contributed by atoms with Gasteiger partial charge in [0, 0.05) is 17.8 Å². The first-order valence-corrected chi connectivity index (χ1v) is 12.8. The first-order chi connectivity index (χ1) is 16.7. The maximum Gasteiger partial charge on any atom is 0.348 e. The molecule has 1 aromatic carbocycles. The molecule has 3 atom stereocenters. The Morgan fingerprint density at radius 2 is 1.97 bits per heavy atom. The van der Waals surface area contributed by atoms with Crippen molar-refractivity contribution < 1.29 is 28.2 Å². The van der Waals surface area contributed by atoms with Crippen LogP contribution in [-0.4, -0.2) is 53.6 Å². The molecule has 0 aliphatic carbocycles. The number of likely N-dealkylation sites (tertiary alicyclic amines) is 1. The molecule has 3 rings (SSSR count). The fraction of sp³-hybridized carbons (Fsp3) is 0.481. The predicted molar refractivity (Wildman–Crippen MR) is 133 cm³/mol. The Morgan fingerprint density at radius 1 is 1.23 bits per heavy atom. The molecule has 1 N–H and O–H groups in total. The summed E-state index contributed by atoms with van der Waals surface area (Å²) >= 11 is 1.30. The molecule has 0 spiro atoms. The van der Waals surface area contributed by atoms with Crippen molar-refractivity contribution in [3.05, 3.63) is 69.9 Å². The first kappa shape index (κ1) is 27.0. The molecule has 0 bridgehead atoms. The molecule has 1 aliphatic heterocycles. The largest absolute Gasteiger partial charge is 0.465 e. The van der Waals surface area contributed by atoms with Gasteiger partial charge in [-0.15, -0.1) is 11.3 Å². The van der Waals surface area contributed by atoms with E-state index in [1.165, 1.54) is 28.9 Å². The van der Waals surface area contributed by atoms with Gasteiger partial charge in [-0.05, 0) is 55.7 Å². The lowest BCUT2D eigenvalue weighted by Gasteiger charge is -2.22. The van der Waals surface area contributed by atoms with Gasteiger partial charge in [0.2, 0.25) is 0 Å². The lowest BCUT2D eigenvalue weighted by atomic mass is 9.95. The minimum Gasteiger partial charge on any atom is -0.465 e. The van der Waals surface area contributed by atoms with E-state index in [1.54, 1.807) is 18.2 Å². The number of nitrogens with zero attached hydrogens (tertiary/aromatic N) is 1. The number of rotatable bonds is 12. The number of methoxy groups -OCH3 is 1. The van der Waals surface area contributed by atoms with Crippen molar-refractivity contribution in [3.8, 4) is 0 Å². The Morgan fingerprint density at radius 3 is 2.69 bits per heavy atom. The lowest BCUT2D eigenvalue weighted by molar-refractivity contribution is -0.148. The summed E-state index contributed by atoms with van der Waals surface area (Å²) in [5.74, 6) is -5.00. The van der Waals surface area contributed by atoms with Gasteiger partial charge in [-0.2, -0.15) is 8.78 Å². The minimum atomic E-state index is -3.40. The molecular formula is C27H33F2NO4S. The summed E-state index contributed by atoms with van der Waals surface area (Å²) in [5, 5.41) is 10.5. The molecule has 2 heterocycles. The van der Waals surface area contributed by atoms with Crippen LogP contribution in [-0.2, 0) is 22.4 Å². The van der Waals surface area contributed by atoms with Gasteiger partial charge in [0.1, 0.15) is 4.88 Å². The van der Waals surface area contributed by atoms with Gasteiger partial charge in [0.15, 0.2) is 0 Å². The van der Waals surface area contributed by atoms with Crippen molar-refractivity contribution in [1.29, 1.82) is 0 Å². The van der Waals surface area contributed by atoms with Gasteiger partial charge >= 0.3 is 11.9 Å². The Balaban J connectivity index is 1.51. The number of hydrogen-bond donors (Lipinski definition) is 1. The fourth-order valence-electron chi connectivity index (χ4n) is 4.28. The highest BCUT2D eigenvalue weighted by atomic mass is 32.1. The van der Waals surface area contributed by atoms with Crippen molar-refractivity contribution in [3.63, 3.8) is 0 Å². The Hall–Kier alpha value is -2.58. The van der Waals surface area contributed by atoms with E-state index >= 15 is 0 Å². The van der Waals surface area contributed by atoms with E-state index in [0.717, 1.165) is 24.1 Å². The number of ether oxygens (including phenoxy) is 1. The van der Waals surface area contributed by atoms with Crippen LogP contribution in [0.5, 0.6) is 0 Å². The number of hydrogen-bond acceptors (Lipinski definition) is 5. The highest BCUT2D eigenvalue weighted by Gasteiger charge is 2.52. The minimum absolute atomic E-state index is 0.0242. The Labute approximate surface area is 209 Å². The number of halogens is 2. The van der Waals surface area contributed by atoms with Crippen molar-refractivity contribution >= 4 is 23.2 Å². The third-order valence-electron chi connectivity index (χ3n) is 6.39. The van der Waals surface area contributed by atoms with Gasteiger partial charge in [0.25, 0.3) is 5.91 Å². The Bertz CT molecular complexity index is 1010. The molecule has 1 saturated heterocycles. The summed E-state index contributed by atoms with van der Waals surface area (Å²) in [5.41, 5.74) is 1.25. The van der Waals surface area contributed by atoms with E-state index in [0.29, 0.717) is 17.7 Å². The monoisotopic (exact) mass is 505 g/mol. The van der Waals surface area contributed by atoms with Crippen LogP contribution in [0.25, 0.3) is 0 Å². The number of thiophene rings is 1. The number of aryl methyl sites for hydroxylation is 2. The summed E-state index contributed by atoms with van der Waals surface area (Å²) in [6, 6.07) is 12.9. The van der Waals surface area contributed by atoms with Crippen LogP contribution in [0.2, 0.25) is 0 Å². The molecule has 2 aromatic rings. The highest BCUT2D eigenvalue weighted by molar-refractivity contribution is 7.13. The van der Waals surface area contributed by atoms with E-state index < -0.39 is 36.4 Å². The van der Waals surface area contributed by atoms with E-state index in [-0.39, 0.29) is 12.5 Å². The topological polar surface area (TPSA) is 66.8 Å². The third-order valence-corrected chi connectivity index (χ3v) is 7.52. The third kappa shape index (κ3) is 7.45. The van der Waals surface area contributed by atoms with Gasteiger partial charge in [-0.3, -0.25) is 4.79 Å². The first-order valence-electron chi connectivity index (χ1n) is 12.0. The van der Waals surface area contributed by atoms with E-state index in [1.807, 2.05) is 31.2 Å². The van der Waals surface area contributed by atoms with Crippen LogP contribution in [0.3, 0.4) is 0 Å². The lowest BCUT2D eigenvalue weighted by Crippen LogP contribution is -2.36. The second kappa shape index (κ2) is 12.4. The van der Waals surface area contributed by atoms with Crippen molar-refractivity contribution in [2.24, 2.45) is 5.92 Å². The number of alkyl halides is 2. The van der Waals surface area contributed by atoms with Gasteiger partial charge in [-0.1, -0.05) is 49.4 Å². The number of carbonyl (C=O) groups is 2. The molecular weight excluding hydrogens is 472 g/mol. The van der Waals surface area contributed by atoms with Crippen molar-refractivity contribution in [2.45, 2.75) is 63.5 Å². The molecule has 0 saturated carbocycles. The van der Waals surface area contributed by atoms with Crippen LogP contribution in [0.15, 0.2) is 54.6 Å². The second-order valence-corrected chi connectivity index (χ2v) is 10.2. The molecule has 190 valence electrons. The summed E-state index contributed by atoms with van der Waals surface area (Å²) in [6.45, 7) is 2.12. The molecule has 8 heteroatoms. The standard InChI is InChI=1S/C27H33F2NO4S/c1-19(8-6-11-20-9-4-3-5-10-20)23(31)15-13-21-18-27(28,29)26(33)30(21)17-7-12-22-14-16-24(35-22)25(32)34-2/h3-5,9-10,13-16,19,21,23,31H,6-8,11-12,17-18H2,1-2H3/b15-13+/t19-,21+,23-/m1/s1. The maximum atomic E-state index is 14.2. The number of carbonyl (C=O) groups excluding carboxylic acids is 2. The molecule has 5 nitrogen and oxygen atoms in total. The molecule has 35 heavy (non-hydrogen) atoms. The van der Waals surface area contributed by atoms with Crippen LogP contribution in [0, 0.1) is 5.92 Å². The van der Waals surface area contributed by atoms with Gasteiger partial charge < -0.3 is 14.7 Å². The summed E-state index contributed by atoms with van der Waals surface area (Å²) in [6.07, 6.45) is 5.47. The highest BCUT2D eigenvalue weighted by Crippen LogP contribution is 2.34. The maximum absolute atomic E-state index is 14.2. The van der Waals surface area contributed by atoms with Gasteiger partial charge in [-0.25, -0.2) is 4.79 Å².